The van der Waals surface area contributed by atoms with Crippen LogP contribution in [0.1, 0.15) is 24.5 Å². The number of ether oxygens (including phenoxy) is 2. The van der Waals surface area contributed by atoms with Crippen molar-refractivity contribution in [2.75, 3.05) is 14.2 Å². The third-order valence-corrected chi connectivity index (χ3v) is 4.36. The molecule has 1 aliphatic rings. The molecule has 0 amide bonds. The predicted molar refractivity (Wildman–Crippen MR) is 82.9 cm³/mol. The van der Waals surface area contributed by atoms with E-state index < -0.39 is 17.4 Å². The molecule has 1 fully saturated rings. The van der Waals surface area contributed by atoms with Crippen molar-refractivity contribution in [1.29, 1.82) is 0 Å². The maximum atomic E-state index is 12.0. The maximum Gasteiger partial charge on any atom is 0.323 e. The van der Waals surface area contributed by atoms with E-state index in [-0.39, 0.29) is 5.92 Å². The third-order valence-electron chi connectivity index (χ3n) is 4.36. The van der Waals surface area contributed by atoms with Crippen molar-refractivity contribution in [1.82, 2.24) is 0 Å². The molecule has 1 aromatic carbocycles. The largest absolute Gasteiger partial charge is 0.468 e. The lowest BCUT2D eigenvalue weighted by Gasteiger charge is -2.14. The minimum atomic E-state index is -1.15. The average Bonchev–Trinajstić information content (AvgIpc) is 3.28. The van der Waals surface area contributed by atoms with Crippen LogP contribution in [-0.2, 0) is 25.5 Å². The van der Waals surface area contributed by atoms with Crippen LogP contribution >= 0.6 is 0 Å². The molecule has 4 nitrogen and oxygen atoms in total. The van der Waals surface area contributed by atoms with Gasteiger partial charge in [-0.05, 0) is 42.4 Å². The van der Waals surface area contributed by atoms with Gasteiger partial charge in [0.25, 0.3) is 0 Å². The normalized spacial score (nSPS) is 18.0. The van der Waals surface area contributed by atoms with E-state index in [2.05, 4.69) is 12.3 Å². The molecule has 0 saturated heterocycles. The second-order valence-corrected chi connectivity index (χ2v) is 5.52. The van der Waals surface area contributed by atoms with Crippen molar-refractivity contribution in [2.24, 2.45) is 11.3 Å². The second-order valence-electron chi connectivity index (χ2n) is 5.52. The van der Waals surface area contributed by atoms with Gasteiger partial charge < -0.3 is 9.47 Å². The van der Waals surface area contributed by atoms with Crippen LogP contribution in [0, 0.1) is 11.3 Å². The summed E-state index contributed by atoms with van der Waals surface area (Å²) in [5.74, 6) is -1.14. The summed E-state index contributed by atoms with van der Waals surface area (Å²) in [7, 11) is 2.59. The Hall–Kier alpha value is -2.32. The molecule has 0 aliphatic heterocycles. The number of hydrogen-bond acceptors (Lipinski definition) is 4. The Morgan fingerprint density at radius 3 is 2.41 bits per heavy atom. The molecule has 0 bridgehead atoms. The van der Waals surface area contributed by atoms with Gasteiger partial charge in [0.15, 0.2) is 5.41 Å². The summed E-state index contributed by atoms with van der Waals surface area (Å²) < 4.78 is 9.60. The van der Waals surface area contributed by atoms with E-state index in [1.165, 1.54) is 14.2 Å². The van der Waals surface area contributed by atoms with Gasteiger partial charge in [0, 0.05) is 0 Å². The van der Waals surface area contributed by atoms with Gasteiger partial charge in [-0.15, -0.1) is 5.73 Å². The number of allylic oxidation sites excluding steroid dienone is 1. The summed E-state index contributed by atoms with van der Waals surface area (Å²) in [6.07, 6.45) is 1.07. The highest BCUT2D eigenvalue weighted by Gasteiger charge is 2.67. The van der Waals surface area contributed by atoms with Gasteiger partial charge in [-0.3, -0.25) is 9.59 Å². The highest BCUT2D eigenvalue weighted by atomic mass is 16.5. The fraction of sp³-hybridized carbons (Fsp3) is 0.389. The maximum absolute atomic E-state index is 12.0. The van der Waals surface area contributed by atoms with Crippen LogP contribution in [0.15, 0.2) is 36.6 Å². The Morgan fingerprint density at radius 1 is 1.27 bits per heavy atom. The van der Waals surface area contributed by atoms with E-state index in [9.17, 15) is 9.59 Å². The molecule has 1 aromatic rings. The third kappa shape index (κ3) is 2.58. The Bertz CT molecular complexity index is 637. The molecule has 1 aliphatic carbocycles. The summed E-state index contributed by atoms with van der Waals surface area (Å²) in [5.41, 5.74) is 4.78. The first-order valence-corrected chi connectivity index (χ1v) is 7.13. The van der Waals surface area contributed by atoms with Gasteiger partial charge in [-0.1, -0.05) is 30.8 Å². The lowest BCUT2D eigenvalue weighted by Crippen LogP contribution is -2.30. The Labute approximate surface area is 130 Å². The molecule has 22 heavy (non-hydrogen) atoms. The SMILES string of the molecule is C=C=C(C)c1ccccc1CC1CC1(C(=O)OC)C(=O)OC. The van der Waals surface area contributed by atoms with E-state index in [4.69, 9.17) is 9.47 Å². The number of rotatable bonds is 5. The summed E-state index contributed by atoms with van der Waals surface area (Å²) in [5, 5.41) is 0. The van der Waals surface area contributed by atoms with Crippen LogP contribution in [-0.4, -0.2) is 26.2 Å². The summed E-state index contributed by atoms with van der Waals surface area (Å²) in [4.78, 5) is 24.0. The number of methoxy groups -OCH3 is 2. The minimum Gasteiger partial charge on any atom is -0.468 e. The van der Waals surface area contributed by atoms with Crippen molar-refractivity contribution >= 4 is 17.5 Å². The molecule has 4 heteroatoms. The first-order chi connectivity index (χ1) is 10.5. The van der Waals surface area contributed by atoms with Gasteiger partial charge in [0.2, 0.25) is 0 Å². The minimum absolute atomic E-state index is 0.105. The van der Waals surface area contributed by atoms with Gasteiger partial charge in [-0.2, -0.15) is 0 Å². The van der Waals surface area contributed by atoms with Crippen LogP contribution in [0.25, 0.3) is 5.57 Å². The van der Waals surface area contributed by atoms with Crippen molar-refractivity contribution < 1.29 is 19.1 Å². The van der Waals surface area contributed by atoms with E-state index >= 15 is 0 Å². The van der Waals surface area contributed by atoms with E-state index in [0.29, 0.717) is 12.8 Å². The Balaban J connectivity index is 2.28. The smallest absolute Gasteiger partial charge is 0.323 e. The Morgan fingerprint density at radius 2 is 1.86 bits per heavy atom. The van der Waals surface area contributed by atoms with Crippen molar-refractivity contribution in [3.8, 4) is 0 Å². The highest BCUT2D eigenvalue weighted by molar-refractivity contribution is 6.03. The number of benzene rings is 1. The van der Waals surface area contributed by atoms with Crippen LogP contribution in [0.5, 0.6) is 0 Å². The predicted octanol–water partition coefficient (Wildman–Crippen LogP) is 2.77. The number of carbonyl (C=O) groups is 2. The number of carbonyl (C=O) groups excluding carboxylic acids is 2. The molecular weight excluding hydrogens is 280 g/mol. The zero-order valence-electron chi connectivity index (χ0n) is 13.1. The zero-order valence-corrected chi connectivity index (χ0v) is 13.1. The number of hydrogen-bond donors (Lipinski definition) is 0. The fourth-order valence-corrected chi connectivity index (χ4v) is 2.95. The van der Waals surface area contributed by atoms with Gasteiger partial charge in [0.05, 0.1) is 14.2 Å². The van der Waals surface area contributed by atoms with Crippen LogP contribution in [0.4, 0.5) is 0 Å². The van der Waals surface area contributed by atoms with Gasteiger partial charge in [0.1, 0.15) is 0 Å². The molecule has 1 saturated carbocycles. The molecule has 0 radical (unpaired) electrons. The lowest BCUT2D eigenvalue weighted by molar-refractivity contribution is -0.162. The first kappa shape index (κ1) is 16.1. The average molecular weight is 300 g/mol. The molecule has 0 aromatic heterocycles. The van der Waals surface area contributed by atoms with E-state index in [0.717, 1.165) is 16.7 Å². The molecule has 0 spiro atoms. The number of esters is 2. The quantitative estimate of drug-likeness (QED) is 0.477. The summed E-state index contributed by atoms with van der Waals surface area (Å²) in [6.45, 7) is 5.61. The van der Waals surface area contributed by atoms with Gasteiger partial charge in [-0.25, -0.2) is 0 Å². The van der Waals surface area contributed by atoms with Crippen LogP contribution < -0.4 is 0 Å². The molecule has 1 unspecified atom stereocenters. The Kier molecular flexibility index (Phi) is 4.53. The monoisotopic (exact) mass is 300 g/mol. The second kappa shape index (κ2) is 6.20. The fourth-order valence-electron chi connectivity index (χ4n) is 2.95. The molecule has 116 valence electrons. The molecular formula is C18H20O4. The molecule has 1 atom stereocenters. The standard InChI is InChI=1S/C18H20O4/c1-5-12(2)15-9-7-6-8-13(15)10-14-11-18(14,16(19)21-3)17(20)22-4/h6-9,14H,1,10-11H2,2-4H3. The lowest BCUT2D eigenvalue weighted by atomic mass is 9.94. The summed E-state index contributed by atoms with van der Waals surface area (Å²) in [6, 6.07) is 7.87. The van der Waals surface area contributed by atoms with Crippen LogP contribution in [0.3, 0.4) is 0 Å². The van der Waals surface area contributed by atoms with Crippen LogP contribution in [0.2, 0.25) is 0 Å². The van der Waals surface area contributed by atoms with Crippen molar-refractivity contribution in [3.05, 3.63) is 47.7 Å². The van der Waals surface area contributed by atoms with E-state index in [1.54, 1.807) is 0 Å². The van der Waals surface area contributed by atoms with Gasteiger partial charge >= 0.3 is 11.9 Å². The summed E-state index contributed by atoms with van der Waals surface area (Å²) >= 11 is 0. The topological polar surface area (TPSA) is 52.6 Å². The molecule has 2 rings (SSSR count). The first-order valence-electron chi connectivity index (χ1n) is 7.13. The van der Waals surface area contributed by atoms with Crippen molar-refractivity contribution in [3.63, 3.8) is 0 Å². The zero-order chi connectivity index (χ0) is 16.3. The molecule has 0 heterocycles. The molecule has 0 N–H and O–H groups in total. The van der Waals surface area contributed by atoms with E-state index in [1.807, 2.05) is 31.2 Å². The van der Waals surface area contributed by atoms with Crippen molar-refractivity contribution in [2.45, 2.75) is 19.8 Å². The highest BCUT2D eigenvalue weighted by Crippen LogP contribution is 2.56.